The van der Waals surface area contributed by atoms with Crippen LogP contribution in [0.25, 0.3) is 0 Å². The lowest BCUT2D eigenvalue weighted by Crippen LogP contribution is -2.52. The van der Waals surface area contributed by atoms with Crippen molar-refractivity contribution in [1.82, 2.24) is 10.2 Å². The Morgan fingerprint density at radius 2 is 1.58 bits per heavy atom. The van der Waals surface area contributed by atoms with Crippen molar-refractivity contribution in [1.29, 1.82) is 0 Å². The number of hydrogen-bond acceptors (Lipinski definition) is 6. The Balaban J connectivity index is 1.71. The van der Waals surface area contributed by atoms with Gasteiger partial charge in [0.25, 0.3) is 10.0 Å². The third-order valence-corrected chi connectivity index (χ3v) is 9.45. The fourth-order valence-corrected chi connectivity index (χ4v) is 6.54. The Kier molecular flexibility index (Phi) is 10.3. The third-order valence-electron chi connectivity index (χ3n) is 7.68. The number of carbonyl (C=O) groups is 2. The van der Waals surface area contributed by atoms with Gasteiger partial charge in [0.2, 0.25) is 11.8 Å². The van der Waals surface area contributed by atoms with E-state index in [0.717, 1.165) is 53.2 Å². The quantitative estimate of drug-likeness (QED) is 0.315. The van der Waals surface area contributed by atoms with Gasteiger partial charge in [-0.15, -0.1) is 0 Å². The lowest BCUT2D eigenvalue weighted by atomic mass is 10.1. The molecule has 230 valence electrons. The molecule has 1 N–H and O–H groups in total. The molecule has 0 saturated heterocycles. The highest BCUT2D eigenvalue weighted by Gasteiger charge is 2.34. The van der Waals surface area contributed by atoms with E-state index in [1.165, 1.54) is 49.5 Å². The molecule has 0 aliphatic heterocycles. The monoisotopic (exact) mass is 611 g/mol. The van der Waals surface area contributed by atoms with Crippen LogP contribution in [0.15, 0.2) is 71.6 Å². The fourth-order valence-electron chi connectivity index (χ4n) is 5.11. The zero-order valence-electron chi connectivity index (χ0n) is 24.9. The Hall–Kier alpha value is -4.12. The molecular weight excluding hydrogens is 573 g/mol. The third kappa shape index (κ3) is 7.64. The number of amides is 2. The van der Waals surface area contributed by atoms with Crippen LogP contribution >= 0.6 is 0 Å². The molecule has 11 heteroatoms. The second-order valence-corrected chi connectivity index (χ2v) is 12.5. The van der Waals surface area contributed by atoms with Crippen molar-refractivity contribution < 1.29 is 31.9 Å². The van der Waals surface area contributed by atoms with Gasteiger partial charge in [-0.1, -0.05) is 42.7 Å². The summed E-state index contributed by atoms with van der Waals surface area (Å²) in [6.45, 7) is 3.05. The van der Waals surface area contributed by atoms with Gasteiger partial charge in [-0.3, -0.25) is 13.9 Å². The number of carbonyl (C=O) groups excluding carboxylic acids is 2. The Morgan fingerprint density at radius 3 is 2.19 bits per heavy atom. The maximum absolute atomic E-state index is 14.1. The van der Waals surface area contributed by atoms with E-state index in [1.54, 1.807) is 6.92 Å². The van der Waals surface area contributed by atoms with E-state index in [4.69, 9.17) is 9.47 Å². The van der Waals surface area contributed by atoms with Crippen molar-refractivity contribution in [2.24, 2.45) is 0 Å². The Bertz CT molecular complexity index is 1520. The van der Waals surface area contributed by atoms with Gasteiger partial charge in [-0.05, 0) is 68.7 Å². The van der Waals surface area contributed by atoms with Crippen LogP contribution in [-0.4, -0.2) is 58.0 Å². The molecule has 0 heterocycles. The van der Waals surface area contributed by atoms with E-state index in [0.29, 0.717) is 5.75 Å². The summed E-state index contributed by atoms with van der Waals surface area (Å²) in [4.78, 5) is 28.6. The largest absolute Gasteiger partial charge is 0.493 e. The molecule has 0 bridgehead atoms. The number of nitrogens with one attached hydrogen (secondary N) is 1. The summed E-state index contributed by atoms with van der Waals surface area (Å²) in [5.41, 5.74) is 1.91. The average molecular weight is 612 g/mol. The molecule has 0 spiro atoms. The zero-order valence-corrected chi connectivity index (χ0v) is 25.7. The van der Waals surface area contributed by atoms with Crippen LogP contribution in [0.3, 0.4) is 0 Å². The molecule has 4 rings (SSSR count). The molecule has 0 unspecified atom stereocenters. The first-order valence-electron chi connectivity index (χ1n) is 14.2. The van der Waals surface area contributed by atoms with E-state index in [9.17, 15) is 22.4 Å². The van der Waals surface area contributed by atoms with E-state index in [1.807, 2.05) is 31.2 Å². The normalized spacial score (nSPS) is 14.2. The predicted molar refractivity (Wildman–Crippen MR) is 162 cm³/mol. The summed E-state index contributed by atoms with van der Waals surface area (Å²) in [6.07, 6.45) is 3.83. The van der Waals surface area contributed by atoms with Crippen LogP contribution in [0.2, 0.25) is 0 Å². The first-order valence-corrected chi connectivity index (χ1v) is 15.6. The van der Waals surface area contributed by atoms with Crippen molar-refractivity contribution in [3.63, 3.8) is 0 Å². The number of nitrogens with zero attached hydrogens (tertiary/aromatic N) is 2. The minimum atomic E-state index is -4.37. The molecule has 2 amide bonds. The summed E-state index contributed by atoms with van der Waals surface area (Å²) in [5.74, 6) is -0.937. The molecule has 3 aromatic carbocycles. The number of aryl methyl sites for hydroxylation is 1. The summed E-state index contributed by atoms with van der Waals surface area (Å²) >= 11 is 0. The molecule has 43 heavy (non-hydrogen) atoms. The first kappa shape index (κ1) is 31.8. The van der Waals surface area contributed by atoms with Crippen LogP contribution in [0.5, 0.6) is 11.5 Å². The lowest BCUT2D eigenvalue weighted by Gasteiger charge is -2.32. The van der Waals surface area contributed by atoms with Gasteiger partial charge >= 0.3 is 0 Å². The minimum Gasteiger partial charge on any atom is -0.493 e. The number of rotatable bonds is 12. The summed E-state index contributed by atoms with van der Waals surface area (Å²) in [7, 11) is -1.55. The number of ether oxygens (including phenoxy) is 2. The highest BCUT2D eigenvalue weighted by Crippen LogP contribution is 2.32. The van der Waals surface area contributed by atoms with Crippen molar-refractivity contribution in [2.75, 3.05) is 25.1 Å². The van der Waals surface area contributed by atoms with Gasteiger partial charge in [0.05, 0.1) is 24.8 Å². The van der Waals surface area contributed by atoms with Gasteiger partial charge in [-0.25, -0.2) is 12.8 Å². The molecule has 3 aromatic rings. The summed E-state index contributed by atoms with van der Waals surface area (Å²) in [5, 5.41) is 3.05. The Morgan fingerprint density at radius 1 is 0.953 bits per heavy atom. The highest BCUT2D eigenvalue weighted by atomic mass is 32.2. The van der Waals surface area contributed by atoms with E-state index in [-0.39, 0.29) is 34.8 Å². The van der Waals surface area contributed by atoms with Crippen molar-refractivity contribution in [3.05, 3.63) is 83.7 Å². The van der Waals surface area contributed by atoms with Crippen LogP contribution in [0, 0.1) is 12.7 Å². The van der Waals surface area contributed by atoms with Crippen molar-refractivity contribution >= 4 is 27.5 Å². The van der Waals surface area contributed by atoms with Gasteiger partial charge in [0, 0.05) is 18.7 Å². The molecule has 1 fully saturated rings. The molecule has 1 atom stereocenters. The maximum atomic E-state index is 14.1. The molecule has 0 radical (unpaired) electrons. The van der Waals surface area contributed by atoms with Crippen molar-refractivity contribution in [3.8, 4) is 11.5 Å². The molecule has 1 aliphatic rings. The van der Waals surface area contributed by atoms with E-state index in [2.05, 4.69) is 5.32 Å². The average Bonchev–Trinajstić information content (AvgIpc) is 3.52. The van der Waals surface area contributed by atoms with Crippen LogP contribution in [0.1, 0.15) is 43.7 Å². The predicted octanol–water partition coefficient (Wildman–Crippen LogP) is 4.82. The topological polar surface area (TPSA) is 105 Å². The highest BCUT2D eigenvalue weighted by molar-refractivity contribution is 7.92. The number of sulfonamides is 1. The Labute approximate surface area is 252 Å². The maximum Gasteiger partial charge on any atom is 0.264 e. The lowest BCUT2D eigenvalue weighted by molar-refractivity contribution is -0.139. The second kappa shape index (κ2) is 13.9. The fraction of sp³-hybridized carbons (Fsp3) is 0.375. The zero-order chi connectivity index (χ0) is 31.1. The van der Waals surface area contributed by atoms with Gasteiger partial charge in [0.1, 0.15) is 18.4 Å². The van der Waals surface area contributed by atoms with Crippen LogP contribution in [-0.2, 0) is 26.2 Å². The number of benzene rings is 3. The van der Waals surface area contributed by atoms with Gasteiger partial charge in [-0.2, -0.15) is 0 Å². The number of halogens is 1. The standard InChI is InChI=1S/C32H38FN3O6S/c1-22-9-11-24(12-10-22)20-35(23(2)32(38)34-26-7-5-6-8-26)31(37)21-36(27-15-13-25(33)14-16-27)43(39,40)28-17-18-29(41-3)30(19-28)42-4/h9-19,23,26H,5-8,20-21H2,1-4H3,(H,34,38)/t23-/m1/s1. The summed E-state index contributed by atoms with van der Waals surface area (Å²) < 4.78 is 53.4. The molecule has 0 aromatic heterocycles. The molecule has 1 aliphatic carbocycles. The number of methoxy groups -OCH3 is 2. The number of anilines is 1. The van der Waals surface area contributed by atoms with Crippen LogP contribution < -0.4 is 19.1 Å². The van der Waals surface area contributed by atoms with Crippen LogP contribution in [0.4, 0.5) is 10.1 Å². The molecular formula is C32H38FN3O6S. The first-order chi connectivity index (χ1) is 20.5. The molecule has 9 nitrogen and oxygen atoms in total. The van der Waals surface area contributed by atoms with E-state index < -0.39 is 34.3 Å². The summed E-state index contributed by atoms with van der Waals surface area (Å²) in [6, 6.07) is 15.7. The van der Waals surface area contributed by atoms with Gasteiger partial charge < -0.3 is 19.7 Å². The second-order valence-electron chi connectivity index (χ2n) is 10.7. The van der Waals surface area contributed by atoms with E-state index >= 15 is 0 Å². The molecule has 1 saturated carbocycles. The van der Waals surface area contributed by atoms with Crippen molar-refractivity contribution in [2.45, 2.75) is 63.1 Å². The minimum absolute atomic E-state index is 0.0485. The smallest absolute Gasteiger partial charge is 0.264 e. The van der Waals surface area contributed by atoms with Gasteiger partial charge in [0.15, 0.2) is 11.5 Å². The SMILES string of the molecule is COc1ccc(S(=O)(=O)N(CC(=O)N(Cc2ccc(C)cc2)[C@H](C)C(=O)NC2CCCC2)c2ccc(F)cc2)cc1OC. The number of hydrogen-bond donors (Lipinski definition) is 1.